The van der Waals surface area contributed by atoms with E-state index in [9.17, 15) is 16.8 Å². The molecule has 1 saturated heterocycles. The van der Waals surface area contributed by atoms with Gasteiger partial charge in [-0.3, -0.25) is 9.62 Å². The van der Waals surface area contributed by atoms with Crippen LogP contribution in [-0.4, -0.2) is 99.9 Å². The van der Waals surface area contributed by atoms with Crippen LogP contribution in [0.5, 0.6) is 0 Å². The van der Waals surface area contributed by atoms with Crippen molar-refractivity contribution in [3.8, 4) is 0 Å². The average molecular weight is 540 g/mol. The van der Waals surface area contributed by atoms with Crippen molar-refractivity contribution in [1.29, 1.82) is 0 Å². The number of aromatic amines is 1. The summed E-state index contributed by atoms with van der Waals surface area (Å²) in [5.74, 6) is 0.619. The van der Waals surface area contributed by atoms with Gasteiger partial charge in [0, 0.05) is 39.4 Å². The molecular weight excluding hydrogens is 510 g/mol. The third kappa shape index (κ3) is 6.01. The highest BCUT2D eigenvalue weighted by atomic mass is 33.2. The van der Waals surface area contributed by atoms with Crippen LogP contribution in [0.1, 0.15) is 6.42 Å². The number of H-pyrrole nitrogens is 1. The average Bonchev–Trinajstić information content (AvgIpc) is 3.31. The number of hydrogen-bond donors (Lipinski definition) is 4. The Bertz CT molecular complexity index is 1400. The molecule has 0 saturated carbocycles. The van der Waals surface area contributed by atoms with Crippen LogP contribution >= 0.6 is 0 Å². The zero-order valence-corrected chi connectivity index (χ0v) is 21.6. The van der Waals surface area contributed by atoms with Crippen molar-refractivity contribution in [2.45, 2.75) is 6.42 Å². The van der Waals surface area contributed by atoms with Crippen molar-refractivity contribution in [2.24, 2.45) is 0 Å². The topological polar surface area (TPSA) is 175 Å². The number of morpholine rings is 1. The molecule has 0 radical (unpaired) electrons. The highest BCUT2D eigenvalue weighted by Crippen LogP contribution is 2.28. The summed E-state index contributed by atoms with van der Waals surface area (Å²) in [6, 6.07) is 8.20. The molecule has 36 heavy (non-hydrogen) atoms. The minimum Gasteiger partial charge on any atom is -0.379 e. The zero-order chi connectivity index (χ0) is 25.8. The zero-order valence-electron chi connectivity index (χ0n) is 19.9. The SMILES string of the molecule is CN(C)S(=O)(=O)S(=O)(=O)Nc1ccc(NCCCN2CCOCC2)nc1Nc1ccc2n[nH]nc2c1. The monoisotopic (exact) mass is 539 g/mol. The Morgan fingerprint density at radius 1 is 1.06 bits per heavy atom. The van der Waals surface area contributed by atoms with Crippen LogP contribution in [0.2, 0.25) is 0 Å². The molecule has 14 nitrogen and oxygen atoms in total. The first-order chi connectivity index (χ1) is 17.2. The highest BCUT2D eigenvalue weighted by molar-refractivity contribution is 8.66. The van der Waals surface area contributed by atoms with Gasteiger partial charge in [-0.2, -0.15) is 36.6 Å². The van der Waals surface area contributed by atoms with E-state index in [2.05, 4.69) is 40.7 Å². The molecule has 4 rings (SSSR count). The molecule has 196 valence electrons. The van der Waals surface area contributed by atoms with Gasteiger partial charge in [0.15, 0.2) is 5.82 Å². The third-order valence-electron chi connectivity index (χ3n) is 5.49. The fraction of sp³-hybridized carbons (Fsp3) is 0.450. The van der Waals surface area contributed by atoms with E-state index in [4.69, 9.17) is 4.74 Å². The minimum absolute atomic E-state index is 0.0282. The molecule has 2 aromatic heterocycles. The Hall–Kier alpha value is -3.05. The van der Waals surface area contributed by atoms with Gasteiger partial charge in [0.2, 0.25) is 0 Å². The summed E-state index contributed by atoms with van der Waals surface area (Å²) in [5, 5.41) is 16.9. The fourth-order valence-corrected chi connectivity index (χ4v) is 6.21. The summed E-state index contributed by atoms with van der Waals surface area (Å²) in [6.07, 6.45) is 0.878. The van der Waals surface area contributed by atoms with Gasteiger partial charge in [0.05, 0.1) is 18.9 Å². The summed E-state index contributed by atoms with van der Waals surface area (Å²) in [6.45, 7) is 4.87. The summed E-state index contributed by atoms with van der Waals surface area (Å²) in [5.41, 5.74) is 1.78. The van der Waals surface area contributed by atoms with Gasteiger partial charge in [-0.05, 0) is 43.3 Å². The molecule has 1 aliphatic heterocycles. The second-order valence-corrected chi connectivity index (χ2v) is 13.6. The van der Waals surface area contributed by atoms with E-state index >= 15 is 0 Å². The first-order valence-electron chi connectivity index (χ1n) is 11.2. The van der Waals surface area contributed by atoms with E-state index < -0.39 is 18.1 Å². The molecule has 0 bridgehead atoms. The molecule has 16 heteroatoms. The summed E-state index contributed by atoms with van der Waals surface area (Å²) >= 11 is 0. The van der Waals surface area contributed by atoms with Gasteiger partial charge in [0.25, 0.3) is 0 Å². The molecule has 0 aliphatic carbocycles. The van der Waals surface area contributed by atoms with Crippen LogP contribution in [0.15, 0.2) is 30.3 Å². The molecular formula is C20H29N9O5S2. The molecule has 3 heterocycles. The van der Waals surface area contributed by atoms with Crippen LogP contribution in [0.4, 0.5) is 23.0 Å². The van der Waals surface area contributed by atoms with Crippen LogP contribution < -0.4 is 15.4 Å². The highest BCUT2D eigenvalue weighted by Gasteiger charge is 2.33. The standard InChI is InChI=1S/C20H29N9O5S2/c1-28(2)36(32,33)35(30,31)26-17-6-7-19(21-8-3-9-29-10-12-34-13-11-29)23-20(17)22-15-4-5-16-18(14-15)25-27-24-16/h4-7,14,26H,3,8-13H2,1-2H3,(H2,21,22,23)(H,24,25,27). The Morgan fingerprint density at radius 3 is 2.56 bits per heavy atom. The summed E-state index contributed by atoms with van der Waals surface area (Å²) in [4.78, 5) is 6.82. The van der Waals surface area contributed by atoms with Crippen LogP contribution in [0.3, 0.4) is 0 Å². The lowest BCUT2D eigenvalue weighted by Gasteiger charge is -2.26. The number of nitrogens with zero attached hydrogens (tertiary/aromatic N) is 5. The number of rotatable bonds is 11. The second kappa shape index (κ2) is 10.9. The van der Waals surface area contributed by atoms with Gasteiger partial charge in [0.1, 0.15) is 16.9 Å². The van der Waals surface area contributed by atoms with Crippen molar-refractivity contribution in [3.63, 3.8) is 0 Å². The number of ether oxygens (including phenoxy) is 1. The van der Waals surface area contributed by atoms with Gasteiger partial charge >= 0.3 is 18.1 Å². The van der Waals surface area contributed by atoms with E-state index in [0.717, 1.165) is 53.4 Å². The first kappa shape index (κ1) is 26.0. The molecule has 4 N–H and O–H groups in total. The molecule has 3 aromatic rings. The minimum atomic E-state index is -4.79. The lowest BCUT2D eigenvalue weighted by Crippen LogP contribution is -2.37. The predicted octanol–water partition coefficient (Wildman–Crippen LogP) is 0.779. The second-order valence-electron chi connectivity index (χ2n) is 8.28. The van der Waals surface area contributed by atoms with Crippen molar-refractivity contribution in [2.75, 3.05) is 68.8 Å². The van der Waals surface area contributed by atoms with Gasteiger partial charge in [-0.15, -0.1) is 0 Å². The van der Waals surface area contributed by atoms with E-state index in [1.165, 1.54) is 6.07 Å². The Kier molecular flexibility index (Phi) is 7.89. The van der Waals surface area contributed by atoms with Crippen LogP contribution in [0, 0.1) is 0 Å². The first-order valence-corrected chi connectivity index (χ1v) is 14.7. The fourth-order valence-electron chi connectivity index (χ4n) is 3.52. The summed E-state index contributed by atoms with van der Waals surface area (Å²) < 4.78 is 57.9. The maximum Gasteiger partial charge on any atom is 0.353 e. The lowest BCUT2D eigenvalue weighted by molar-refractivity contribution is 0.0378. The normalized spacial score (nSPS) is 15.3. The molecule has 1 aliphatic rings. The lowest BCUT2D eigenvalue weighted by atomic mass is 10.2. The molecule has 0 amide bonds. The van der Waals surface area contributed by atoms with Crippen LogP contribution in [0.25, 0.3) is 11.0 Å². The maximum atomic E-state index is 12.6. The number of hydrogen-bond acceptors (Lipinski definition) is 11. The largest absolute Gasteiger partial charge is 0.379 e. The van der Waals surface area contributed by atoms with Gasteiger partial charge in [-0.1, -0.05) is 0 Å². The van der Waals surface area contributed by atoms with E-state index in [1.807, 2.05) is 0 Å². The van der Waals surface area contributed by atoms with Gasteiger partial charge in [-0.25, -0.2) is 4.98 Å². The maximum absolute atomic E-state index is 12.6. The Balaban J connectivity index is 1.54. The number of pyridine rings is 1. The van der Waals surface area contributed by atoms with Crippen molar-refractivity contribution in [1.82, 2.24) is 29.6 Å². The number of anilines is 4. The van der Waals surface area contributed by atoms with E-state index in [-0.39, 0.29) is 11.5 Å². The predicted molar refractivity (Wildman–Crippen MR) is 137 cm³/mol. The van der Waals surface area contributed by atoms with Crippen molar-refractivity contribution in [3.05, 3.63) is 30.3 Å². The molecule has 0 unspecified atom stereocenters. The van der Waals surface area contributed by atoms with E-state index in [0.29, 0.717) is 33.4 Å². The van der Waals surface area contributed by atoms with Crippen molar-refractivity contribution >= 4 is 52.2 Å². The Morgan fingerprint density at radius 2 is 1.81 bits per heavy atom. The van der Waals surface area contributed by atoms with Crippen LogP contribution in [-0.2, 0) is 22.8 Å². The number of nitrogens with one attached hydrogen (secondary N) is 4. The van der Waals surface area contributed by atoms with Gasteiger partial charge < -0.3 is 15.4 Å². The summed E-state index contributed by atoms with van der Waals surface area (Å²) in [7, 11) is -7.15. The smallest absolute Gasteiger partial charge is 0.353 e. The molecule has 1 fully saturated rings. The number of aromatic nitrogens is 4. The van der Waals surface area contributed by atoms with Crippen molar-refractivity contribution < 1.29 is 21.6 Å². The molecule has 0 atom stereocenters. The molecule has 0 spiro atoms. The number of benzene rings is 1. The van der Waals surface area contributed by atoms with E-state index in [1.54, 1.807) is 24.3 Å². The quantitative estimate of drug-likeness (QED) is 0.200. The number of fused-ring (bicyclic) bond motifs is 1. The Labute approximate surface area is 208 Å². The third-order valence-corrected chi connectivity index (χ3v) is 10.2. The molecule has 1 aromatic carbocycles.